The van der Waals surface area contributed by atoms with Crippen molar-refractivity contribution < 1.29 is 14.6 Å². The third kappa shape index (κ3) is 6.11. The van der Waals surface area contributed by atoms with E-state index in [1.165, 1.54) is 0 Å². The van der Waals surface area contributed by atoms with Gasteiger partial charge in [-0.2, -0.15) is 0 Å². The molecule has 0 atom stereocenters. The molecular formula is C16H23ClO3. The van der Waals surface area contributed by atoms with Gasteiger partial charge in [0.25, 0.3) is 0 Å². The van der Waals surface area contributed by atoms with Crippen molar-refractivity contribution in [2.24, 2.45) is 0 Å². The predicted octanol–water partition coefficient (Wildman–Crippen LogP) is 4.52. The Balaban J connectivity index is 0.00000172. The minimum atomic E-state index is -0.903. The number of alkyl halides is 1. The van der Waals surface area contributed by atoms with Crippen molar-refractivity contribution in [2.45, 2.75) is 33.6 Å². The molecule has 1 N–H and O–H groups in total. The van der Waals surface area contributed by atoms with Gasteiger partial charge in [-0.05, 0) is 43.0 Å². The van der Waals surface area contributed by atoms with Gasteiger partial charge in [-0.1, -0.05) is 26.0 Å². The van der Waals surface area contributed by atoms with E-state index in [1.807, 2.05) is 39.0 Å². The van der Waals surface area contributed by atoms with Crippen LogP contribution in [0.15, 0.2) is 23.8 Å². The molecule has 0 unspecified atom stereocenters. The average molecular weight is 299 g/mol. The lowest BCUT2D eigenvalue weighted by atomic mass is 10.1. The molecule has 112 valence electrons. The summed E-state index contributed by atoms with van der Waals surface area (Å²) in [6.07, 6.45) is 2.79. The molecule has 1 aromatic carbocycles. The van der Waals surface area contributed by atoms with Crippen LogP contribution in [0.4, 0.5) is 0 Å². The van der Waals surface area contributed by atoms with E-state index < -0.39 is 5.97 Å². The summed E-state index contributed by atoms with van der Waals surface area (Å²) in [5.74, 6) is 0.312. The Morgan fingerprint density at radius 1 is 1.40 bits per heavy atom. The topological polar surface area (TPSA) is 46.5 Å². The van der Waals surface area contributed by atoms with Crippen LogP contribution >= 0.6 is 11.6 Å². The van der Waals surface area contributed by atoms with Crippen molar-refractivity contribution >= 4 is 23.6 Å². The van der Waals surface area contributed by atoms with Gasteiger partial charge < -0.3 is 9.84 Å². The van der Waals surface area contributed by atoms with Crippen LogP contribution in [0.2, 0.25) is 0 Å². The number of aryl methyl sites for hydroxylation is 1. The number of methoxy groups -OCH3 is 1. The summed E-state index contributed by atoms with van der Waals surface area (Å²) in [5.41, 5.74) is 2.21. The van der Waals surface area contributed by atoms with Gasteiger partial charge in [0, 0.05) is 11.5 Å². The van der Waals surface area contributed by atoms with Crippen LogP contribution in [-0.2, 0) is 4.79 Å². The molecule has 1 rings (SSSR count). The van der Waals surface area contributed by atoms with Crippen molar-refractivity contribution in [1.29, 1.82) is 0 Å². The number of carboxylic acids is 1. The first-order chi connectivity index (χ1) is 9.58. The Hall–Kier alpha value is -1.48. The molecule has 0 aliphatic rings. The van der Waals surface area contributed by atoms with Gasteiger partial charge in [0.15, 0.2) is 0 Å². The lowest BCUT2D eigenvalue weighted by Gasteiger charge is -2.06. The number of halogens is 1. The molecule has 4 heteroatoms. The molecule has 0 fully saturated rings. The van der Waals surface area contributed by atoms with E-state index in [9.17, 15) is 4.79 Å². The van der Waals surface area contributed by atoms with Crippen molar-refractivity contribution in [1.82, 2.24) is 0 Å². The standard InChI is InChI=1S/C14H17ClO3.C2H6/c1-10-5-6-11(9-13(10)18-2)8-12(14(16)17)4-3-7-15;1-2/h5-6,8-9H,3-4,7H2,1-2H3,(H,16,17);1-2H3/b12-8+;. The highest BCUT2D eigenvalue weighted by atomic mass is 35.5. The maximum atomic E-state index is 11.1. The van der Waals surface area contributed by atoms with Gasteiger partial charge >= 0.3 is 5.97 Å². The third-order valence-electron chi connectivity index (χ3n) is 2.63. The number of hydrogen-bond acceptors (Lipinski definition) is 2. The Bertz CT molecular complexity index is 453. The monoisotopic (exact) mass is 298 g/mol. The minimum Gasteiger partial charge on any atom is -0.496 e. The number of hydrogen-bond donors (Lipinski definition) is 1. The fraction of sp³-hybridized carbons (Fsp3) is 0.438. The lowest BCUT2D eigenvalue weighted by Crippen LogP contribution is -2.01. The Kier molecular flexibility index (Phi) is 9.56. The second-order valence-electron chi connectivity index (χ2n) is 4.00. The van der Waals surface area contributed by atoms with E-state index >= 15 is 0 Å². The number of benzene rings is 1. The predicted molar refractivity (Wildman–Crippen MR) is 84.6 cm³/mol. The van der Waals surface area contributed by atoms with E-state index in [1.54, 1.807) is 13.2 Å². The second-order valence-corrected chi connectivity index (χ2v) is 4.37. The summed E-state index contributed by atoms with van der Waals surface area (Å²) in [6, 6.07) is 5.62. The molecular weight excluding hydrogens is 276 g/mol. The summed E-state index contributed by atoms with van der Waals surface area (Å²) < 4.78 is 5.21. The highest BCUT2D eigenvalue weighted by molar-refractivity contribution is 6.17. The molecule has 0 amide bonds. The van der Waals surface area contributed by atoms with Crippen LogP contribution < -0.4 is 4.74 Å². The molecule has 0 aliphatic heterocycles. The van der Waals surface area contributed by atoms with Crippen molar-refractivity contribution in [3.05, 3.63) is 34.9 Å². The highest BCUT2D eigenvalue weighted by Gasteiger charge is 2.07. The molecule has 0 aliphatic carbocycles. The van der Waals surface area contributed by atoms with E-state index in [4.69, 9.17) is 21.4 Å². The Morgan fingerprint density at radius 2 is 2.05 bits per heavy atom. The van der Waals surface area contributed by atoms with Gasteiger partial charge in [0.05, 0.1) is 7.11 Å². The number of aliphatic carboxylic acids is 1. The quantitative estimate of drug-likeness (QED) is 0.620. The molecule has 3 nitrogen and oxygen atoms in total. The second kappa shape index (κ2) is 10.3. The molecule has 0 radical (unpaired) electrons. The zero-order chi connectivity index (χ0) is 15.5. The largest absolute Gasteiger partial charge is 0.496 e. The summed E-state index contributed by atoms with van der Waals surface area (Å²) in [5, 5.41) is 9.10. The fourth-order valence-electron chi connectivity index (χ4n) is 1.63. The summed E-state index contributed by atoms with van der Waals surface area (Å²) in [7, 11) is 1.60. The molecule has 20 heavy (non-hydrogen) atoms. The van der Waals surface area contributed by atoms with Crippen LogP contribution in [0.1, 0.15) is 37.8 Å². The zero-order valence-corrected chi connectivity index (χ0v) is 13.3. The number of rotatable bonds is 6. The molecule has 0 spiro atoms. The van der Waals surface area contributed by atoms with Crippen molar-refractivity contribution in [3.63, 3.8) is 0 Å². The summed E-state index contributed by atoms with van der Waals surface area (Å²) in [4.78, 5) is 11.1. The number of ether oxygens (including phenoxy) is 1. The fourth-order valence-corrected chi connectivity index (χ4v) is 1.76. The maximum Gasteiger partial charge on any atom is 0.331 e. The lowest BCUT2D eigenvalue weighted by molar-refractivity contribution is -0.132. The van der Waals surface area contributed by atoms with Crippen molar-refractivity contribution in [3.8, 4) is 5.75 Å². The first-order valence-corrected chi connectivity index (χ1v) is 7.26. The van der Waals surface area contributed by atoms with E-state index in [0.717, 1.165) is 16.9 Å². The van der Waals surface area contributed by atoms with Crippen LogP contribution in [0.3, 0.4) is 0 Å². The first-order valence-electron chi connectivity index (χ1n) is 6.73. The Morgan fingerprint density at radius 3 is 2.55 bits per heavy atom. The number of carboxylic acid groups (broad SMARTS) is 1. The Labute approximate surface area is 126 Å². The van der Waals surface area contributed by atoms with E-state index in [0.29, 0.717) is 24.3 Å². The third-order valence-corrected chi connectivity index (χ3v) is 2.89. The first kappa shape index (κ1) is 18.5. The van der Waals surface area contributed by atoms with E-state index in [-0.39, 0.29) is 0 Å². The van der Waals surface area contributed by atoms with Gasteiger partial charge in [-0.25, -0.2) is 4.79 Å². The SMILES string of the molecule is CC.COc1cc(/C=C(\CCCCl)C(=O)O)ccc1C. The molecule has 0 saturated heterocycles. The van der Waals surface area contributed by atoms with Gasteiger partial charge in [0.2, 0.25) is 0 Å². The molecule has 0 aromatic heterocycles. The highest BCUT2D eigenvalue weighted by Crippen LogP contribution is 2.21. The minimum absolute atomic E-state index is 0.363. The normalized spacial score (nSPS) is 10.6. The van der Waals surface area contributed by atoms with Crippen LogP contribution in [0, 0.1) is 6.92 Å². The maximum absolute atomic E-state index is 11.1. The summed E-state index contributed by atoms with van der Waals surface area (Å²) >= 11 is 5.58. The molecule has 1 aromatic rings. The van der Waals surface area contributed by atoms with Crippen LogP contribution in [-0.4, -0.2) is 24.1 Å². The van der Waals surface area contributed by atoms with Gasteiger partial charge in [-0.15, -0.1) is 11.6 Å². The van der Waals surface area contributed by atoms with Gasteiger partial charge in [0.1, 0.15) is 5.75 Å². The zero-order valence-electron chi connectivity index (χ0n) is 12.6. The van der Waals surface area contributed by atoms with Crippen LogP contribution in [0.25, 0.3) is 6.08 Å². The van der Waals surface area contributed by atoms with Gasteiger partial charge in [-0.3, -0.25) is 0 Å². The molecule has 0 saturated carbocycles. The van der Waals surface area contributed by atoms with Crippen molar-refractivity contribution in [2.75, 3.05) is 13.0 Å². The summed E-state index contributed by atoms with van der Waals surface area (Å²) in [6.45, 7) is 5.94. The molecule has 0 bridgehead atoms. The van der Waals surface area contributed by atoms with Crippen LogP contribution in [0.5, 0.6) is 5.75 Å². The molecule has 0 heterocycles. The smallest absolute Gasteiger partial charge is 0.331 e. The number of carbonyl (C=O) groups is 1. The average Bonchev–Trinajstić information content (AvgIpc) is 2.46. The van der Waals surface area contributed by atoms with E-state index in [2.05, 4.69) is 0 Å².